The molecule has 0 atom stereocenters. The number of amides is 2. The fourth-order valence-corrected chi connectivity index (χ4v) is 2.30. The maximum Gasteiger partial charge on any atom is 0.291 e. The predicted octanol–water partition coefficient (Wildman–Crippen LogP) is 4.35. The van der Waals surface area contributed by atoms with E-state index in [4.69, 9.17) is 9.15 Å². The van der Waals surface area contributed by atoms with Crippen LogP contribution in [0.15, 0.2) is 84.0 Å². The number of carbonyl (C=O) groups excluding carboxylic acids is 2. The van der Waals surface area contributed by atoms with Gasteiger partial charge in [-0.15, -0.1) is 0 Å². The lowest BCUT2D eigenvalue weighted by molar-refractivity contribution is 0.0994. The normalized spacial score (nSPS) is 10.1. The third kappa shape index (κ3) is 4.85. The van der Waals surface area contributed by atoms with Gasteiger partial charge in [-0.05, 0) is 60.7 Å². The summed E-state index contributed by atoms with van der Waals surface area (Å²) in [7, 11) is 0. The van der Waals surface area contributed by atoms with Crippen LogP contribution in [0.3, 0.4) is 0 Å². The molecule has 3 rings (SSSR count). The quantitative estimate of drug-likeness (QED) is 0.612. The van der Waals surface area contributed by atoms with Crippen molar-refractivity contribution >= 4 is 23.2 Å². The van der Waals surface area contributed by atoms with Crippen LogP contribution in [-0.2, 0) is 0 Å². The van der Waals surface area contributed by atoms with Crippen LogP contribution in [-0.4, -0.2) is 18.4 Å². The molecule has 2 N–H and O–H groups in total. The van der Waals surface area contributed by atoms with Gasteiger partial charge in [0.15, 0.2) is 5.76 Å². The molecule has 6 nitrogen and oxygen atoms in total. The van der Waals surface area contributed by atoms with Crippen LogP contribution < -0.4 is 15.4 Å². The molecule has 0 unspecified atom stereocenters. The molecule has 0 bridgehead atoms. The van der Waals surface area contributed by atoms with Gasteiger partial charge in [0.2, 0.25) is 0 Å². The summed E-state index contributed by atoms with van der Waals surface area (Å²) in [4.78, 5) is 24.2. The predicted molar refractivity (Wildman–Crippen MR) is 103 cm³/mol. The molecule has 0 fully saturated rings. The summed E-state index contributed by atoms with van der Waals surface area (Å²) < 4.78 is 10.4. The Morgan fingerprint density at radius 3 is 2.11 bits per heavy atom. The zero-order valence-corrected chi connectivity index (χ0v) is 14.5. The summed E-state index contributed by atoms with van der Waals surface area (Å²) in [6.07, 6.45) is 3.09. The number of nitrogens with one attached hydrogen (secondary N) is 2. The zero-order valence-electron chi connectivity index (χ0n) is 14.5. The van der Waals surface area contributed by atoms with Crippen molar-refractivity contribution in [3.8, 4) is 5.75 Å². The van der Waals surface area contributed by atoms with Crippen LogP contribution in [0, 0.1) is 0 Å². The average molecular weight is 362 g/mol. The maximum absolute atomic E-state index is 12.3. The van der Waals surface area contributed by atoms with Crippen LogP contribution in [0.4, 0.5) is 11.4 Å². The third-order valence-corrected chi connectivity index (χ3v) is 3.63. The van der Waals surface area contributed by atoms with Gasteiger partial charge in [-0.1, -0.05) is 12.7 Å². The lowest BCUT2D eigenvalue weighted by Gasteiger charge is -2.08. The van der Waals surface area contributed by atoms with Gasteiger partial charge < -0.3 is 19.8 Å². The van der Waals surface area contributed by atoms with Gasteiger partial charge >= 0.3 is 0 Å². The molecule has 2 amide bonds. The van der Waals surface area contributed by atoms with Gasteiger partial charge in [-0.3, -0.25) is 9.59 Å². The van der Waals surface area contributed by atoms with E-state index >= 15 is 0 Å². The third-order valence-electron chi connectivity index (χ3n) is 3.63. The first-order valence-corrected chi connectivity index (χ1v) is 8.26. The highest BCUT2D eigenvalue weighted by atomic mass is 16.5. The van der Waals surface area contributed by atoms with E-state index in [1.165, 1.54) is 6.26 Å². The van der Waals surface area contributed by atoms with Gasteiger partial charge in [0.05, 0.1) is 6.26 Å². The van der Waals surface area contributed by atoms with Gasteiger partial charge in [-0.2, -0.15) is 0 Å². The lowest BCUT2D eigenvalue weighted by Crippen LogP contribution is -2.13. The van der Waals surface area contributed by atoms with E-state index in [1.54, 1.807) is 66.7 Å². The van der Waals surface area contributed by atoms with E-state index in [0.29, 0.717) is 29.3 Å². The zero-order chi connectivity index (χ0) is 19.1. The molecule has 1 aromatic heterocycles. The van der Waals surface area contributed by atoms with Crippen LogP contribution in [0.25, 0.3) is 0 Å². The molecule has 136 valence electrons. The number of hydrogen-bond acceptors (Lipinski definition) is 4. The fourth-order valence-electron chi connectivity index (χ4n) is 2.30. The van der Waals surface area contributed by atoms with Crippen LogP contribution >= 0.6 is 0 Å². The minimum atomic E-state index is -0.337. The van der Waals surface area contributed by atoms with E-state index in [9.17, 15) is 9.59 Å². The summed E-state index contributed by atoms with van der Waals surface area (Å²) in [5.41, 5.74) is 1.72. The molecule has 0 spiro atoms. The van der Waals surface area contributed by atoms with Crippen molar-refractivity contribution in [2.24, 2.45) is 0 Å². The van der Waals surface area contributed by atoms with Crippen molar-refractivity contribution in [3.05, 3.63) is 90.9 Å². The Bertz CT molecular complexity index is 914. The van der Waals surface area contributed by atoms with Crippen molar-refractivity contribution in [1.29, 1.82) is 0 Å². The number of benzene rings is 2. The Kier molecular flexibility index (Phi) is 5.69. The first-order chi connectivity index (χ1) is 13.2. The van der Waals surface area contributed by atoms with Crippen LogP contribution in [0.5, 0.6) is 5.75 Å². The summed E-state index contributed by atoms with van der Waals surface area (Å²) >= 11 is 0. The van der Waals surface area contributed by atoms with Crippen molar-refractivity contribution in [2.75, 3.05) is 17.2 Å². The van der Waals surface area contributed by atoms with Crippen molar-refractivity contribution in [1.82, 2.24) is 0 Å². The Morgan fingerprint density at radius 1 is 0.926 bits per heavy atom. The highest BCUT2D eigenvalue weighted by molar-refractivity contribution is 6.05. The topological polar surface area (TPSA) is 80.6 Å². The highest BCUT2D eigenvalue weighted by Crippen LogP contribution is 2.17. The first kappa shape index (κ1) is 18.0. The first-order valence-electron chi connectivity index (χ1n) is 8.26. The smallest absolute Gasteiger partial charge is 0.291 e. The van der Waals surface area contributed by atoms with E-state index in [2.05, 4.69) is 17.2 Å². The number of carbonyl (C=O) groups is 2. The Labute approximate surface area is 156 Å². The second-order valence-corrected chi connectivity index (χ2v) is 5.59. The van der Waals surface area contributed by atoms with E-state index in [-0.39, 0.29) is 17.6 Å². The van der Waals surface area contributed by atoms with E-state index in [1.807, 2.05) is 0 Å². The number of anilines is 2. The van der Waals surface area contributed by atoms with Gasteiger partial charge in [0.1, 0.15) is 12.4 Å². The Morgan fingerprint density at radius 2 is 1.56 bits per heavy atom. The molecule has 0 aliphatic heterocycles. The SMILES string of the molecule is C=CCOc1ccc(C(=O)Nc2ccc(NC(=O)c3ccco3)cc2)cc1. The largest absolute Gasteiger partial charge is 0.490 e. The molecule has 0 aliphatic rings. The minimum Gasteiger partial charge on any atom is -0.490 e. The molecule has 0 aliphatic carbocycles. The molecular formula is C21H18N2O4. The van der Waals surface area contributed by atoms with Crippen molar-refractivity contribution in [2.45, 2.75) is 0 Å². The molecule has 0 radical (unpaired) electrons. The monoisotopic (exact) mass is 362 g/mol. The summed E-state index contributed by atoms with van der Waals surface area (Å²) in [5.74, 6) is 0.323. The van der Waals surface area contributed by atoms with Crippen molar-refractivity contribution < 1.29 is 18.7 Å². The second-order valence-electron chi connectivity index (χ2n) is 5.59. The molecule has 6 heteroatoms. The molecule has 0 saturated carbocycles. The minimum absolute atomic E-state index is 0.230. The maximum atomic E-state index is 12.3. The summed E-state index contributed by atoms with van der Waals surface area (Å²) in [6.45, 7) is 4.00. The molecule has 3 aromatic rings. The molecule has 27 heavy (non-hydrogen) atoms. The van der Waals surface area contributed by atoms with Gasteiger partial charge in [-0.25, -0.2) is 0 Å². The Hall–Kier alpha value is -3.80. The fraction of sp³-hybridized carbons (Fsp3) is 0.0476. The summed E-state index contributed by atoms with van der Waals surface area (Å²) in [5, 5.41) is 5.51. The highest BCUT2D eigenvalue weighted by Gasteiger charge is 2.09. The molecule has 2 aromatic carbocycles. The molecule has 1 heterocycles. The number of furan rings is 1. The Balaban J connectivity index is 1.58. The average Bonchev–Trinajstić information content (AvgIpc) is 3.23. The molecule has 0 saturated heterocycles. The van der Waals surface area contributed by atoms with Crippen molar-refractivity contribution in [3.63, 3.8) is 0 Å². The standard InChI is InChI=1S/C21H18N2O4/c1-2-13-26-18-11-5-15(6-12-18)20(24)22-16-7-9-17(10-8-16)23-21(25)19-4-3-14-27-19/h2-12,14H,1,13H2,(H,22,24)(H,23,25). The van der Waals surface area contributed by atoms with Crippen LogP contribution in [0.1, 0.15) is 20.9 Å². The number of rotatable bonds is 7. The van der Waals surface area contributed by atoms with Crippen LogP contribution in [0.2, 0.25) is 0 Å². The molecular weight excluding hydrogens is 344 g/mol. The summed E-state index contributed by atoms with van der Waals surface area (Å²) in [6, 6.07) is 16.9. The number of hydrogen-bond donors (Lipinski definition) is 2. The lowest BCUT2D eigenvalue weighted by atomic mass is 10.2. The van der Waals surface area contributed by atoms with Gasteiger partial charge in [0.25, 0.3) is 11.8 Å². The van der Waals surface area contributed by atoms with Gasteiger partial charge in [0, 0.05) is 16.9 Å². The second kappa shape index (κ2) is 8.53. The van der Waals surface area contributed by atoms with E-state index < -0.39 is 0 Å². The van der Waals surface area contributed by atoms with E-state index in [0.717, 1.165) is 0 Å². The number of ether oxygens (including phenoxy) is 1.